The zero-order chi connectivity index (χ0) is 6.69. The number of allylic oxidation sites excluding steroid dienone is 3. The highest BCUT2D eigenvalue weighted by atomic mass is 16.1. The molecule has 1 aliphatic carbocycles. The van der Waals surface area contributed by atoms with Crippen LogP contribution in [0.25, 0.3) is 0 Å². The summed E-state index contributed by atoms with van der Waals surface area (Å²) in [6, 6.07) is 0. The van der Waals surface area contributed by atoms with E-state index in [1.54, 1.807) is 0 Å². The van der Waals surface area contributed by atoms with Crippen LogP contribution in [0, 0.1) is 0 Å². The first-order valence-electron chi connectivity index (χ1n) is 2.92. The van der Waals surface area contributed by atoms with Gasteiger partial charge in [0, 0.05) is 19.0 Å². The lowest BCUT2D eigenvalue weighted by Crippen LogP contribution is -2.17. The zero-order valence-electron chi connectivity index (χ0n) is 5.35. The Kier molecular flexibility index (Phi) is 1.68. The standard InChI is InChI=1S/C7H9NO/c1-6(9)8-7-4-2-3-5-7/h2-4H,5H2,1H3,(H,8,9). The third kappa shape index (κ3) is 1.72. The lowest BCUT2D eigenvalue weighted by Gasteiger charge is -1.98. The van der Waals surface area contributed by atoms with Crippen molar-refractivity contribution in [2.75, 3.05) is 0 Å². The Labute approximate surface area is 54.3 Å². The maximum Gasteiger partial charge on any atom is 0.221 e. The third-order valence-corrected chi connectivity index (χ3v) is 1.11. The molecule has 0 fully saturated rings. The molecule has 1 aliphatic rings. The maximum atomic E-state index is 10.4. The van der Waals surface area contributed by atoms with Crippen LogP contribution in [-0.4, -0.2) is 5.91 Å². The van der Waals surface area contributed by atoms with Gasteiger partial charge in [-0.1, -0.05) is 12.2 Å². The molecule has 0 aromatic heterocycles. The van der Waals surface area contributed by atoms with E-state index in [0.717, 1.165) is 12.1 Å². The molecule has 0 aliphatic heterocycles. The van der Waals surface area contributed by atoms with Crippen molar-refractivity contribution < 1.29 is 4.79 Å². The van der Waals surface area contributed by atoms with E-state index in [9.17, 15) is 4.79 Å². The molecule has 2 heteroatoms. The SMILES string of the molecule is CC(=O)NC1=CC=CC1. The molecule has 0 bridgehead atoms. The Hall–Kier alpha value is -1.05. The summed E-state index contributed by atoms with van der Waals surface area (Å²) in [6.07, 6.45) is 6.71. The van der Waals surface area contributed by atoms with E-state index in [2.05, 4.69) is 5.32 Å². The molecule has 0 heterocycles. The van der Waals surface area contributed by atoms with Gasteiger partial charge in [-0.2, -0.15) is 0 Å². The van der Waals surface area contributed by atoms with E-state index in [1.807, 2.05) is 18.2 Å². The van der Waals surface area contributed by atoms with Gasteiger partial charge in [0.1, 0.15) is 0 Å². The molecule has 48 valence electrons. The number of hydrogen-bond acceptors (Lipinski definition) is 1. The lowest BCUT2D eigenvalue weighted by molar-refractivity contribution is -0.118. The van der Waals surface area contributed by atoms with Gasteiger partial charge < -0.3 is 5.32 Å². The first kappa shape index (κ1) is 6.08. The zero-order valence-corrected chi connectivity index (χ0v) is 5.35. The number of amides is 1. The Bertz CT molecular complexity index is 179. The molecule has 0 saturated carbocycles. The Morgan fingerprint density at radius 2 is 2.56 bits per heavy atom. The van der Waals surface area contributed by atoms with Crippen LogP contribution in [0.5, 0.6) is 0 Å². The first-order chi connectivity index (χ1) is 4.29. The van der Waals surface area contributed by atoms with E-state index in [4.69, 9.17) is 0 Å². The normalized spacial score (nSPS) is 15.4. The van der Waals surface area contributed by atoms with Gasteiger partial charge in [-0.05, 0) is 6.08 Å². The van der Waals surface area contributed by atoms with Gasteiger partial charge in [0.15, 0.2) is 0 Å². The highest BCUT2D eigenvalue weighted by molar-refractivity contribution is 5.75. The van der Waals surface area contributed by atoms with Crippen LogP contribution in [0.1, 0.15) is 13.3 Å². The first-order valence-corrected chi connectivity index (χ1v) is 2.92. The summed E-state index contributed by atoms with van der Waals surface area (Å²) in [7, 11) is 0. The van der Waals surface area contributed by atoms with Crippen molar-refractivity contribution >= 4 is 5.91 Å². The van der Waals surface area contributed by atoms with Crippen molar-refractivity contribution in [1.82, 2.24) is 5.32 Å². The van der Waals surface area contributed by atoms with Crippen molar-refractivity contribution in [3.63, 3.8) is 0 Å². The van der Waals surface area contributed by atoms with Crippen LogP contribution in [-0.2, 0) is 4.79 Å². The smallest absolute Gasteiger partial charge is 0.221 e. The highest BCUT2D eigenvalue weighted by Crippen LogP contribution is 2.05. The van der Waals surface area contributed by atoms with Gasteiger partial charge in [-0.15, -0.1) is 0 Å². The fourth-order valence-corrected chi connectivity index (χ4v) is 0.766. The predicted molar refractivity (Wildman–Crippen MR) is 35.7 cm³/mol. The molecule has 1 amide bonds. The Balaban J connectivity index is 2.39. The molecular formula is C7H9NO. The van der Waals surface area contributed by atoms with Crippen LogP contribution in [0.2, 0.25) is 0 Å². The minimum Gasteiger partial charge on any atom is -0.330 e. The molecule has 0 aromatic carbocycles. The van der Waals surface area contributed by atoms with Gasteiger partial charge >= 0.3 is 0 Å². The van der Waals surface area contributed by atoms with Gasteiger partial charge in [0.2, 0.25) is 5.91 Å². The summed E-state index contributed by atoms with van der Waals surface area (Å²) >= 11 is 0. The number of carbonyl (C=O) groups is 1. The van der Waals surface area contributed by atoms with E-state index in [0.29, 0.717) is 0 Å². The summed E-state index contributed by atoms with van der Waals surface area (Å²) in [4.78, 5) is 10.4. The molecule has 0 aromatic rings. The molecule has 0 atom stereocenters. The number of carbonyl (C=O) groups excluding carboxylic acids is 1. The fourth-order valence-electron chi connectivity index (χ4n) is 0.766. The summed E-state index contributed by atoms with van der Waals surface area (Å²) in [6.45, 7) is 1.51. The minimum atomic E-state index is 0.00458. The number of hydrogen-bond donors (Lipinski definition) is 1. The molecule has 0 spiro atoms. The summed E-state index contributed by atoms with van der Waals surface area (Å²) < 4.78 is 0. The average Bonchev–Trinajstić information content (AvgIpc) is 2.15. The molecule has 0 radical (unpaired) electrons. The van der Waals surface area contributed by atoms with Crippen LogP contribution in [0.3, 0.4) is 0 Å². The molecule has 2 nitrogen and oxygen atoms in total. The van der Waals surface area contributed by atoms with Crippen LogP contribution >= 0.6 is 0 Å². The van der Waals surface area contributed by atoms with Crippen LogP contribution in [0.15, 0.2) is 23.9 Å². The monoisotopic (exact) mass is 123 g/mol. The van der Waals surface area contributed by atoms with Crippen molar-refractivity contribution in [1.29, 1.82) is 0 Å². The number of rotatable bonds is 1. The van der Waals surface area contributed by atoms with E-state index in [-0.39, 0.29) is 5.91 Å². The summed E-state index contributed by atoms with van der Waals surface area (Å²) in [5.41, 5.74) is 0.988. The second kappa shape index (κ2) is 2.49. The topological polar surface area (TPSA) is 29.1 Å². The second-order valence-corrected chi connectivity index (χ2v) is 2.01. The van der Waals surface area contributed by atoms with E-state index >= 15 is 0 Å². The quantitative estimate of drug-likeness (QED) is 0.553. The lowest BCUT2D eigenvalue weighted by atomic mass is 10.4. The van der Waals surface area contributed by atoms with E-state index < -0.39 is 0 Å². The number of nitrogens with one attached hydrogen (secondary N) is 1. The Morgan fingerprint density at radius 3 is 3.00 bits per heavy atom. The van der Waals surface area contributed by atoms with Gasteiger partial charge in [0.25, 0.3) is 0 Å². The summed E-state index contributed by atoms with van der Waals surface area (Å²) in [5.74, 6) is 0.00458. The van der Waals surface area contributed by atoms with Gasteiger partial charge in [-0.25, -0.2) is 0 Å². The molecule has 0 unspecified atom stereocenters. The third-order valence-electron chi connectivity index (χ3n) is 1.11. The van der Waals surface area contributed by atoms with Crippen LogP contribution in [0.4, 0.5) is 0 Å². The Morgan fingerprint density at radius 1 is 1.78 bits per heavy atom. The van der Waals surface area contributed by atoms with Crippen LogP contribution < -0.4 is 5.32 Å². The van der Waals surface area contributed by atoms with Gasteiger partial charge in [0.05, 0.1) is 0 Å². The molecule has 1 N–H and O–H groups in total. The minimum absolute atomic E-state index is 0.00458. The summed E-state index contributed by atoms with van der Waals surface area (Å²) in [5, 5.41) is 2.70. The largest absolute Gasteiger partial charge is 0.330 e. The van der Waals surface area contributed by atoms with Crippen molar-refractivity contribution in [2.45, 2.75) is 13.3 Å². The predicted octanol–water partition coefficient (Wildman–Crippen LogP) is 0.966. The second-order valence-electron chi connectivity index (χ2n) is 2.01. The fraction of sp³-hybridized carbons (Fsp3) is 0.286. The van der Waals surface area contributed by atoms with Crippen molar-refractivity contribution in [3.05, 3.63) is 23.9 Å². The highest BCUT2D eigenvalue weighted by Gasteiger charge is 1.98. The van der Waals surface area contributed by atoms with Crippen molar-refractivity contribution in [3.8, 4) is 0 Å². The van der Waals surface area contributed by atoms with Gasteiger partial charge in [-0.3, -0.25) is 4.79 Å². The molecule has 0 saturated heterocycles. The maximum absolute atomic E-state index is 10.4. The molecular weight excluding hydrogens is 114 g/mol. The molecule has 9 heavy (non-hydrogen) atoms. The van der Waals surface area contributed by atoms with E-state index in [1.165, 1.54) is 6.92 Å². The van der Waals surface area contributed by atoms with Crippen molar-refractivity contribution in [2.24, 2.45) is 0 Å². The molecule has 1 rings (SSSR count). The average molecular weight is 123 g/mol.